The van der Waals surface area contributed by atoms with Gasteiger partial charge in [-0.15, -0.1) is 0 Å². The second-order valence-electron chi connectivity index (χ2n) is 23.1. The van der Waals surface area contributed by atoms with Gasteiger partial charge in [-0.25, -0.2) is 9.97 Å². The minimum Gasteiger partial charge on any atom is -0.494 e. The van der Waals surface area contributed by atoms with Crippen LogP contribution in [-0.4, -0.2) is 31.9 Å². The molecule has 0 fully saturated rings. The standard InChI is InChI=1S/C68H100N4O2S/c1-9-11-13-15-17-19-21-23-25-27-51-73-59-43-37-57(38-44-59)41-47-61-65-66(70-64(50-36-56(8)34-30-32-54(5)6)63(69-65)49-35-55(7)33-29-31-53(3)4)62(68-67(61)71-75-72-68)48-42-58-39-45-60(46-40-58)74-52-28-26-24-22-20-18-16-14-12-10-2/h37-40,43-46,53-56H,9-36,49-52H2,1-8H3. The summed E-state index contributed by atoms with van der Waals surface area (Å²) in [6.45, 7) is 20.2. The zero-order valence-corrected chi connectivity index (χ0v) is 49.4. The zero-order valence-electron chi connectivity index (χ0n) is 48.6. The molecule has 2 heterocycles. The van der Waals surface area contributed by atoms with Gasteiger partial charge >= 0.3 is 0 Å². The van der Waals surface area contributed by atoms with Gasteiger partial charge in [0, 0.05) is 11.1 Å². The molecule has 5 rings (SSSR count). The summed E-state index contributed by atoms with van der Waals surface area (Å²) >= 11 is 1.21. The van der Waals surface area contributed by atoms with Gasteiger partial charge in [-0.3, -0.25) is 0 Å². The number of aryl methyl sites for hydroxylation is 2. The van der Waals surface area contributed by atoms with Crippen LogP contribution < -0.4 is 9.47 Å². The normalized spacial score (nSPS) is 12.3. The van der Waals surface area contributed by atoms with Crippen molar-refractivity contribution in [1.82, 2.24) is 18.7 Å². The topological polar surface area (TPSA) is 70.0 Å². The van der Waals surface area contributed by atoms with Gasteiger partial charge < -0.3 is 9.47 Å². The number of aromatic nitrogens is 4. The number of ether oxygens (including phenoxy) is 2. The molecule has 410 valence electrons. The Bertz CT molecular complexity index is 2280. The van der Waals surface area contributed by atoms with Crippen LogP contribution in [0.3, 0.4) is 0 Å². The van der Waals surface area contributed by atoms with E-state index in [0.29, 0.717) is 11.8 Å². The molecule has 0 radical (unpaired) electrons. The second-order valence-corrected chi connectivity index (χ2v) is 23.6. The monoisotopic (exact) mass is 1040 g/mol. The fourth-order valence-electron chi connectivity index (χ4n) is 10.1. The van der Waals surface area contributed by atoms with Gasteiger partial charge in [0.15, 0.2) is 0 Å². The van der Waals surface area contributed by atoms with E-state index in [-0.39, 0.29) is 0 Å². The SMILES string of the molecule is CCCCCCCCCCCCOc1ccc(C#Cc2c3nsnc3c(C#Cc3ccc(OCCCCCCCCCCCC)cc3)c3nc(CCC(C)CCCC(C)C)c(CCC(C)CCCC(C)C)nc23)cc1. The predicted molar refractivity (Wildman–Crippen MR) is 322 cm³/mol. The molecular weight excluding hydrogens is 937 g/mol. The molecule has 6 nitrogen and oxygen atoms in total. The molecule has 7 heteroatoms. The highest BCUT2D eigenvalue weighted by Crippen LogP contribution is 2.32. The number of benzene rings is 3. The molecule has 0 spiro atoms. The highest BCUT2D eigenvalue weighted by molar-refractivity contribution is 7.00. The second kappa shape index (κ2) is 36.6. The molecule has 0 aliphatic rings. The fourth-order valence-corrected chi connectivity index (χ4v) is 10.7. The number of hydrogen-bond donors (Lipinski definition) is 0. The van der Waals surface area contributed by atoms with Gasteiger partial charge in [-0.05, 0) is 111 Å². The number of nitrogens with zero attached hydrogens (tertiary/aromatic N) is 4. The van der Waals surface area contributed by atoms with Crippen LogP contribution in [0.4, 0.5) is 0 Å². The fraction of sp³-hybridized carbons (Fsp3) is 0.647. The molecule has 2 aromatic heterocycles. The smallest absolute Gasteiger partial charge is 0.124 e. The molecule has 75 heavy (non-hydrogen) atoms. The van der Waals surface area contributed by atoms with Crippen molar-refractivity contribution in [1.29, 1.82) is 0 Å². The summed E-state index contributed by atoms with van der Waals surface area (Å²) in [6, 6.07) is 16.4. The average molecular weight is 1040 g/mol. The van der Waals surface area contributed by atoms with Crippen molar-refractivity contribution in [2.45, 2.75) is 248 Å². The first-order chi connectivity index (χ1) is 36.6. The Balaban J connectivity index is 1.39. The van der Waals surface area contributed by atoms with Gasteiger partial charge in [0.05, 0.1) is 47.5 Å². The van der Waals surface area contributed by atoms with Crippen molar-refractivity contribution in [3.05, 3.63) is 82.2 Å². The van der Waals surface area contributed by atoms with E-state index in [1.54, 1.807) is 0 Å². The minimum atomic E-state index is 0.605. The van der Waals surface area contributed by atoms with Crippen molar-refractivity contribution >= 4 is 33.8 Å². The lowest BCUT2D eigenvalue weighted by atomic mass is 9.92. The molecule has 0 aliphatic heterocycles. The third-order valence-corrected chi connectivity index (χ3v) is 15.6. The van der Waals surface area contributed by atoms with Crippen molar-refractivity contribution in [2.24, 2.45) is 23.7 Å². The van der Waals surface area contributed by atoms with Crippen molar-refractivity contribution in [2.75, 3.05) is 13.2 Å². The molecule has 0 bridgehead atoms. The molecule has 2 atom stereocenters. The van der Waals surface area contributed by atoms with E-state index in [2.05, 4.69) is 103 Å². The number of fused-ring (bicyclic) bond motifs is 2. The van der Waals surface area contributed by atoms with Crippen molar-refractivity contribution < 1.29 is 9.47 Å². The Morgan fingerprint density at radius 3 is 1.08 bits per heavy atom. The maximum Gasteiger partial charge on any atom is 0.124 e. The Hall–Kier alpha value is -4.46. The van der Waals surface area contributed by atoms with Crippen LogP contribution in [0.15, 0.2) is 48.5 Å². The average Bonchev–Trinajstić information content (AvgIpc) is 3.91. The molecule has 3 aromatic carbocycles. The summed E-state index contributed by atoms with van der Waals surface area (Å²) in [5.41, 5.74) is 8.59. The lowest BCUT2D eigenvalue weighted by Crippen LogP contribution is -2.09. The van der Waals surface area contributed by atoms with Crippen LogP contribution >= 0.6 is 11.7 Å². The van der Waals surface area contributed by atoms with Crippen LogP contribution in [0.1, 0.15) is 269 Å². The quantitative estimate of drug-likeness (QED) is 0.0290. The molecule has 0 aliphatic carbocycles. The van der Waals surface area contributed by atoms with Gasteiger partial charge in [0.1, 0.15) is 33.6 Å². The molecule has 0 N–H and O–H groups in total. The highest BCUT2D eigenvalue weighted by atomic mass is 32.1. The summed E-state index contributed by atoms with van der Waals surface area (Å²) in [6.07, 6.45) is 37.8. The van der Waals surface area contributed by atoms with E-state index in [1.807, 2.05) is 24.3 Å². The number of hydrogen-bond acceptors (Lipinski definition) is 7. The van der Waals surface area contributed by atoms with Gasteiger partial charge in [-0.2, -0.15) is 8.75 Å². The van der Waals surface area contributed by atoms with E-state index in [1.165, 1.54) is 166 Å². The molecule has 0 saturated carbocycles. The maximum atomic E-state index is 6.17. The number of unbranched alkanes of at least 4 members (excludes halogenated alkanes) is 18. The van der Waals surface area contributed by atoms with Gasteiger partial charge in [-0.1, -0.05) is 233 Å². The Kier molecular flexibility index (Phi) is 29.9. The summed E-state index contributed by atoms with van der Waals surface area (Å²) in [7, 11) is 0. The first-order valence-corrected chi connectivity index (χ1v) is 31.4. The van der Waals surface area contributed by atoms with E-state index in [9.17, 15) is 0 Å². The minimum absolute atomic E-state index is 0.605. The first-order valence-electron chi connectivity index (χ1n) is 30.6. The molecule has 5 aromatic rings. The lowest BCUT2D eigenvalue weighted by Gasteiger charge is -2.17. The predicted octanol–water partition coefficient (Wildman–Crippen LogP) is 19.8. The Morgan fingerprint density at radius 2 is 0.733 bits per heavy atom. The summed E-state index contributed by atoms with van der Waals surface area (Å²) in [5, 5.41) is 0. The summed E-state index contributed by atoms with van der Waals surface area (Å²) in [4.78, 5) is 11.2. The van der Waals surface area contributed by atoms with E-state index in [4.69, 9.17) is 28.2 Å². The molecule has 2 unspecified atom stereocenters. The maximum absolute atomic E-state index is 6.17. The third kappa shape index (κ3) is 23.8. The molecular formula is C68H100N4O2S. The zero-order chi connectivity index (χ0) is 53.3. The van der Waals surface area contributed by atoms with Gasteiger partial charge in [0.25, 0.3) is 0 Å². The molecule has 0 amide bonds. The summed E-state index contributed by atoms with van der Waals surface area (Å²) in [5.74, 6) is 18.6. The van der Waals surface area contributed by atoms with E-state index in [0.717, 1.165) is 131 Å². The summed E-state index contributed by atoms with van der Waals surface area (Å²) < 4.78 is 22.2. The largest absolute Gasteiger partial charge is 0.494 e. The van der Waals surface area contributed by atoms with E-state index < -0.39 is 0 Å². The lowest BCUT2D eigenvalue weighted by molar-refractivity contribution is 0.304. The van der Waals surface area contributed by atoms with Gasteiger partial charge in [0.2, 0.25) is 0 Å². The Morgan fingerprint density at radius 1 is 0.387 bits per heavy atom. The third-order valence-electron chi connectivity index (χ3n) is 15.1. The van der Waals surface area contributed by atoms with Crippen LogP contribution in [0, 0.1) is 47.4 Å². The Labute approximate surface area is 461 Å². The van der Waals surface area contributed by atoms with Crippen LogP contribution in [-0.2, 0) is 12.8 Å². The van der Waals surface area contributed by atoms with Crippen LogP contribution in [0.25, 0.3) is 22.1 Å². The van der Waals surface area contributed by atoms with Crippen molar-refractivity contribution in [3.8, 4) is 35.2 Å². The highest BCUT2D eigenvalue weighted by Gasteiger charge is 2.22. The van der Waals surface area contributed by atoms with Crippen molar-refractivity contribution in [3.63, 3.8) is 0 Å². The van der Waals surface area contributed by atoms with Crippen LogP contribution in [0.2, 0.25) is 0 Å². The number of rotatable bonds is 38. The van der Waals surface area contributed by atoms with Crippen LogP contribution in [0.5, 0.6) is 11.5 Å². The first kappa shape index (κ1) is 61.4. The van der Waals surface area contributed by atoms with E-state index >= 15 is 0 Å². The molecule has 0 saturated heterocycles.